The van der Waals surface area contributed by atoms with Crippen LogP contribution in [0.3, 0.4) is 0 Å². The Balaban J connectivity index is 2.75. The highest BCUT2D eigenvalue weighted by Crippen LogP contribution is 2.26. The number of aliphatic hydroxyl groups excluding tert-OH is 5. The lowest BCUT2D eigenvalue weighted by molar-refractivity contribution is -0.305. The Morgan fingerprint density at radius 1 is 0.551 bits per heavy atom. The van der Waals surface area contributed by atoms with Gasteiger partial charge in [0.25, 0.3) is 0 Å². The van der Waals surface area contributed by atoms with E-state index in [-0.39, 0.29) is 13.0 Å². The Morgan fingerprint density at radius 3 is 1.41 bits per heavy atom. The van der Waals surface area contributed by atoms with Crippen molar-refractivity contribution in [1.29, 1.82) is 0 Å². The predicted molar refractivity (Wildman–Crippen MR) is 283 cm³/mol. The number of allylic oxidation sites excluding steroid dienone is 3. The smallest absolute Gasteiger partial charge is 0.306 e. The standard InChI is InChI=1S/C58H109NO10/c1-4-7-10-13-16-19-22-25-28-31-34-37-40-43-46-53(63)69-56-55(65)54(64)52(47-60)68-58(56)67-48-49(50(61)44-41-38-35-32-29-26-23-20-17-14-11-8-5-2)59-57(66)51(62)45-42-39-36-33-30-27-24-21-18-15-12-9-6-3/h28,31,41,44,49-52,54-56,58,60-62,64-65H,4-27,29-30,32-40,42-43,45-48H2,1-3H3,(H,59,66)/b31-28-,44-41+. The molecule has 1 fully saturated rings. The van der Waals surface area contributed by atoms with Crippen LogP contribution < -0.4 is 5.32 Å². The van der Waals surface area contributed by atoms with E-state index in [1.54, 1.807) is 6.08 Å². The van der Waals surface area contributed by atoms with Crippen molar-refractivity contribution in [3.05, 3.63) is 24.3 Å². The summed E-state index contributed by atoms with van der Waals surface area (Å²) in [6.45, 7) is 5.78. The number of unbranched alkanes of at least 4 members (excludes halogenated alkanes) is 33. The van der Waals surface area contributed by atoms with E-state index in [0.717, 1.165) is 64.2 Å². The summed E-state index contributed by atoms with van der Waals surface area (Å²) in [7, 11) is 0. The Hall–Kier alpha value is -1.86. The van der Waals surface area contributed by atoms with Gasteiger partial charge in [-0.05, 0) is 51.4 Å². The highest BCUT2D eigenvalue weighted by molar-refractivity contribution is 5.80. The lowest BCUT2D eigenvalue weighted by Crippen LogP contribution is -2.61. The molecule has 11 nitrogen and oxygen atoms in total. The zero-order valence-corrected chi connectivity index (χ0v) is 44.7. The molecule has 1 saturated heterocycles. The highest BCUT2D eigenvalue weighted by Gasteiger charge is 2.47. The van der Waals surface area contributed by atoms with Crippen molar-refractivity contribution < 1.29 is 49.3 Å². The predicted octanol–water partition coefficient (Wildman–Crippen LogP) is 12.9. The fourth-order valence-electron chi connectivity index (χ4n) is 9.18. The lowest BCUT2D eigenvalue weighted by atomic mass is 9.99. The molecule has 0 aromatic heterocycles. The topological polar surface area (TPSA) is 175 Å². The zero-order valence-electron chi connectivity index (χ0n) is 44.7. The van der Waals surface area contributed by atoms with Gasteiger partial charge in [0.2, 0.25) is 5.91 Å². The molecule has 1 heterocycles. The maximum Gasteiger partial charge on any atom is 0.306 e. The van der Waals surface area contributed by atoms with Crippen molar-refractivity contribution in [1.82, 2.24) is 5.32 Å². The van der Waals surface area contributed by atoms with Crippen LogP contribution in [0, 0.1) is 0 Å². The summed E-state index contributed by atoms with van der Waals surface area (Å²) in [6.07, 6.45) is 42.2. The van der Waals surface area contributed by atoms with Gasteiger partial charge in [0.1, 0.15) is 24.4 Å². The molecule has 0 aromatic carbocycles. The van der Waals surface area contributed by atoms with Gasteiger partial charge in [-0.1, -0.05) is 238 Å². The van der Waals surface area contributed by atoms with Crippen molar-refractivity contribution in [3.8, 4) is 0 Å². The van der Waals surface area contributed by atoms with E-state index >= 15 is 0 Å². The lowest BCUT2D eigenvalue weighted by Gasteiger charge is -2.41. The summed E-state index contributed by atoms with van der Waals surface area (Å²) in [5.74, 6) is -1.20. The van der Waals surface area contributed by atoms with Crippen molar-refractivity contribution in [2.45, 2.75) is 320 Å². The first kappa shape index (κ1) is 65.2. The minimum atomic E-state index is -1.61. The molecule has 0 saturated carbocycles. The molecule has 1 aliphatic rings. The Kier molecular flexibility index (Phi) is 44.5. The molecule has 0 radical (unpaired) electrons. The monoisotopic (exact) mass is 980 g/mol. The van der Waals surface area contributed by atoms with E-state index in [1.807, 2.05) is 6.08 Å². The molecule has 1 aliphatic heterocycles. The Labute approximate surface area is 422 Å². The van der Waals surface area contributed by atoms with Gasteiger partial charge in [-0.15, -0.1) is 0 Å². The number of nitrogens with one attached hydrogen (secondary N) is 1. The minimum Gasteiger partial charge on any atom is -0.454 e. The average Bonchev–Trinajstić information content (AvgIpc) is 3.34. The molecule has 8 atom stereocenters. The number of hydrogen-bond donors (Lipinski definition) is 6. The van der Waals surface area contributed by atoms with Crippen LogP contribution in [-0.4, -0.2) is 99.6 Å². The van der Waals surface area contributed by atoms with Gasteiger partial charge in [0, 0.05) is 6.42 Å². The zero-order chi connectivity index (χ0) is 50.4. The Bertz CT molecular complexity index is 1220. The third-order valence-corrected chi connectivity index (χ3v) is 13.9. The normalized spacial score (nSPS) is 19.9. The number of amides is 1. The molecule has 0 bridgehead atoms. The largest absolute Gasteiger partial charge is 0.454 e. The van der Waals surface area contributed by atoms with Gasteiger partial charge >= 0.3 is 5.97 Å². The van der Waals surface area contributed by atoms with Crippen LogP contribution in [0.5, 0.6) is 0 Å². The molecule has 6 N–H and O–H groups in total. The molecule has 0 aliphatic carbocycles. The third-order valence-electron chi connectivity index (χ3n) is 13.9. The summed E-state index contributed by atoms with van der Waals surface area (Å²) in [5.41, 5.74) is 0. The van der Waals surface area contributed by atoms with E-state index in [0.29, 0.717) is 19.3 Å². The van der Waals surface area contributed by atoms with Crippen molar-refractivity contribution >= 4 is 11.9 Å². The van der Waals surface area contributed by atoms with Crippen molar-refractivity contribution in [3.63, 3.8) is 0 Å². The van der Waals surface area contributed by atoms with Crippen LogP contribution >= 0.6 is 0 Å². The third kappa shape index (κ3) is 35.8. The van der Waals surface area contributed by atoms with E-state index in [4.69, 9.17) is 14.2 Å². The van der Waals surface area contributed by atoms with Crippen LogP contribution in [0.2, 0.25) is 0 Å². The molecule has 8 unspecified atom stereocenters. The summed E-state index contributed by atoms with van der Waals surface area (Å²) in [6, 6.07) is -1.02. The number of aliphatic hydroxyl groups is 5. The number of rotatable bonds is 49. The first-order valence-electron chi connectivity index (χ1n) is 29.1. The molecule has 0 spiro atoms. The number of hydrogen-bond acceptors (Lipinski definition) is 10. The van der Waals surface area contributed by atoms with E-state index < -0.39 is 67.4 Å². The minimum absolute atomic E-state index is 0.107. The Morgan fingerprint density at radius 2 is 0.957 bits per heavy atom. The maximum absolute atomic E-state index is 13.4. The SMILES string of the molecule is CCCCCCCCC/C=C\CCCCCC(=O)OC1C(OCC(NC(=O)C(O)CCCCCCCCCCCCCCC)C(O)/C=C/CCCCCCCCCCCCC)OC(CO)C(O)C1O. The van der Waals surface area contributed by atoms with Crippen LogP contribution in [0.25, 0.3) is 0 Å². The first-order chi connectivity index (χ1) is 33.7. The molecule has 1 rings (SSSR count). The van der Waals surface area contributed by atoms with Crippen molar-refractivity contribution in [2.24, 2.45) is 0 Å². The summed E-state index contributed by atoms with van der Waals surface area (Å²) < 4.78 is 17.6. The molecule has 69 heavy (non-hydrogen) atoms. The average molecular weight is 981 g/mol. The van der Waals surface area contributed by atoms with Gasteiger partial charge in [-0.3, -0.25) is 9.59 Å². The number of carbonyl (C=O) groups excluding carboxylic acids is 2. The van der Waals surface area contributed by atoms with Gasteiger partial charge in [-0.2, -0.15) is 0 Å². The van der Waals surface area contributed by atoms with Crippen LogP contribution in [0.1, 0.15) is 271 Å². The molecule has 1 amide bonds. The van der Waals surface area contributed by atoms with Gasteiger partial charge in [0.05, 0.1) is 25.4 Å². The van der Waals surface area contributed by atoms with Crippen LogP contribution in [0.4, 0.5) is 0 Å². The maximum atomic E-state index is 13.4. The molecule has 11 heteroatoms. The number of ether oxygens (including phenoxy) is 3. The van der Waals surface area contributed by atoms with E-state index in [1.165, 1.54) is 161 Å². The fraction of sp³-hybridized carbons (Fsp3) is 0.897. The van der Waals surface area contributed by atoms with Gasteiger partial charge in [0.15, 0.2) is 12.4 Å². The summed E-state index contributed by atoms with van der Waals surface area (Å²) >= 11 is 0. The fourth-order valence-corrected chi connectivity index (χ4v) is 9.18. The quantitative estimate of drug-likeness (QED) is 0.0196. The second kappa shape index (κ2) is 47.2. The van der Waals surface area contributed by atoms with Crippen molar-refractivity contribution in [2.75, 3.05) is 13.2 Å². The van der Waals surface area contributed by atoms with Gasteiger partial charge in [-0.25, -0.2) is 0 Å². The second-order valence-corrected chi connectivity index (χ2v) is 20.4. The van der Waals surface area contributed by atoms with Crippen LogP contribution in [-0.2, 0) is 23.8 Å². The molecule has 0 aromatic rings. The molecular formula is C58H109NO10. The van der Waals surface area contributed by atoms with E-state index in [9.17, 15) is 35.1 Å². The van der Waals surface area contributed by atoms with Crippen LogP contribution in [0.15, 0.2) is 24.3 Å². The first-order valence-corrected chi connectivity index (χ1v) is 29.1. The molecular weight excluding hydrogens is 871 g/mol. The highest BCUT2D eigenvalue weighted by atomic mass is 16.7. The summed E-state index contributed by atoms with van der Waals surface area (Å²) in [5, 5.41) is 56.8. The molecule has 406 valence electrons. The van der Waals surface area contributed by atoms with E-state index in [2.05, 4.69) is 38.2 Å². The summed E-state index contributed by atoms with van der Waals surface area (Å²) in [4.78, 5) is 26.4. The number of carbonyl (C=O) groups is 2. The van der Waals surface area contributed by atoms with Gasteiger partial charge < -0.3 is 45.1 Å². The second-order valence-electron chi connectivity index (χ2n) is 20.4. The number of esters is 1.